The SMILES string of the molecule is CC1(C)CCCN(C(=O)CC2CCCC(N)C2)C1. The van der Waals surface area contributed by atoms with Crippen LogP contribution in [0, 0.1) is 11.3 Å². The maximum Gasteiger partial charge on any atom is 0.222 e. The predicted octanol–water partition coefficient (Wildman–Crippen LogP) is 2.54. The van der Waals surface area contributed by atoms with Crippen molar-refractivity contribution in [1.82, 2.24) is 4.90 Å². The zero-order valence-corrected chi connectivity index (χ0v) is 12.0. The smallest absolute Gasteiger partial charge is 0.222 e. The molecule has 2 unspecified atom stereocenters. The molecule has 0 radical (unpaired) electrons. The van der Waals surface area contributed by atoms with Gasteiger partial charge in [0.15, 0.2) is 0 Å². The van der Waals surface area contributed by atoms with Gasteiger partial charge in [-0.15, -0.1) is 0 Å². The number of carbonyl (C=O) groups is 1. The minimum absolute atomic E-state index is 0.302. The highest BCUT2D eigenvalue weighted by molar-refractivity contribution is 5.76. The maximum absolute atomic E-state index is 12.3. The van der Waals surface area contributed by atoms with Crippen molar-refractivity contribution < 1.29 is 4.79 Å². The zero-order chi connectivity index (χ0) is 13.2. The Bertz CT molecular complexity index is 301. The van der Waals surface area contributed by atoms with Crippen molar-refractivity contribution in [2.75, 3.05) is 13.1 Å². The standard InChI is InChI=1S/C15H28N2O/c1-15(2)7-4-8-17(11-15)14(18)10-12-5-3-6-13(16)9-12/h12-13H,3-11,16H2,1-2H3. The molecule has 0 aromatic carbocycles. The lowest BCUT2D eigenvalue weighted by Crippen LogP contribution is -2.44. The Balaban J connectivity index is 1.83. The van der Waals surface area contributed by atoms with Crippen LogP contribution in [0.25, 0.3) is 0 Å². The molecule has 0 aromatic heterocycles. The molecule has 1 saturated heterocycles. The number of rotatable bonds is 2. The average molecular weight is 252 g/mol. The summed E-state index contributed by atoms with van der Waals surface area (Å²) in [6.07, 6.45) is 7.70. The van der Waals surface area contributed by atoms with Gasteiger partial charge in [-0.2, -0.15) is 0 Å². The number of hydrogen-bond acceptors (Lipinski definition) is 2. The summed E-state index contributed by atoms with van der Waals surface area (Å²) in [7, 11) is 0. The molecule has 2 aliphatic rings. The van der Waals surface area contributed by atoms with E-state index in [2.05, 4.69) is 18.7 Å². The summed E-state index contributed by atoms with van der Waals surface area (Å²) in [5.74, 6) is 0.896. The number of likely N-dealkylation sites (tertiary alicyclic amines) is 1. The van der Waals surface area contributed by atoms with Gasteiger partial charge in [-0.05, 0) is 43.4 Å². The fourth-order valence-electron chi connectivity index (χ4n) is 3.53. The molecule has 1 aliphatic carbocycles. The van der Waals surface area contributed by atoms with Gasteiger partial charge in [-0.25, -0.2) is 0 Å². The van der Waals surface area contributed by atoms with Crippen LogP contribution in [0.1, 0.15) is 58.8 Å². The molecule has 2 rings (SSSR count). The van der Waals surface area contributed by atoms with Gasteiger partial charge >= 0.3 is 0 Å². The van der Waals surface area contributed by atoms with Crippen LogP contribution >= 0.6 is 0 Å². The fraction of sp³-hybridized carbons (Fsp3) is 0.933. The van der Waals surface area contributed by atoms with Gasteiger partial charge in [0.1, 0.15) is 0 Å². The van der Waals surface area contributed by atoms with E-state index in [9.17, 15) is 4.79 Å². The number of nitrogens with two attached hydrogens (primary N) is 1. The van der Waals surface area contributed by atoms with Crippen LogP contribution in [0.3, 0.4) is 0 Å². The van der Waals surface area contributed by atoms with E-state index in [4.69, 9.17) is 5.73 Å². The van der Waals surface area contributed by atoms with Gasteiger partial charge in [0, 0.05) is 25.6 Å². The lowest BCUT2D eigenvalue weighted by Gasteiger charge is -2.39. The first-order chi connectivity index (χ1) is 8.46. The van der Waals surface area contributed by atoms with E-state index in [1.54, 1.807) is 0 Å². The summed E-state index contributed by atoms with van der Waals surface area (Å²) < 4.78 is 0. The maximum atomic E-state index is 12.3. The molecular formula is C15H28N2O. The Morgan fingerprint density at radius 3 is 2.78 bits per heavy atom. The van der Waals surface area contributed by atoms with Crippen molar-refractivity contribution in [2.24, 2.45) is 17.1 Å². The number of piperidine rings is 1. The molecule has 1 amide bonds. The van der Waals surface area contributed by atoms with Gasteiger partial charge in [-0.1, -0.05) is 20.3 Å². The predicted molar refractivity (Wildman–Crippen MR) is 74.1 cm³/mol. The molecule has 1 heterocycles. The van der Waals surface area contributed by atoms with Gasteiger partial charge in [0.25, 0.3) is 0 Å². The first-order valence-electron chi connectivity index (χ1n) is 7.50. The molecule has 2 N–H and O–H groups in total. The van der Waals surface area contributed by atoms with Gasteiger partial charge in [-0.3, -0.25) is 4.79 Å². The molecule has 104 valence electrons. The summed E-state index contributed by atoms with van der Waals surface area (Å²) in [4.78, 5) is 14.4. The van der Waals surface area contributed by atoms with Crippen LogP contribution in [0.15, 0.2) is 0 Å². The van der Waals surface area contributed by atoms with Crippen molar-refractivity contribution in [3.8, 4) is 0 Å². The van der Waals surface area contributed by atoms with Gasteiger partial charge in [0.2, 0.25) is 5.91 Å². The Kier molecular flexibility index (Phi) is 4.31. The second kappa shape index (κ2) is 5.60. The third-order valence-electron chi connectivity index (χ3n) is 4.54. The second-order valence-corrected chi connectivity index (χ2v) is 7.08. The molecule has 1 saturated carbocycles. The highest BCUT2D eigenvalue weighted by atomic mass is 16.2. The minimum atomic E-state index is 0.302. The molecule has 0 spiro atoms. The Hall–Kier alpha value is -0.570. The Morgan fingerprint density at radius 2 is 2.11 bits per heavy atom. The summed E-state index contributed by atoms with van der Waals surface area (Å²) in [6, 6.07) is 0.328. The topological polar surface area (TPSA) is 46.3 Å². The van der Waals surface area contributed by atoms with E-state index in [-0.39, 0.29) is 0 Å². The van der Waals surface area contributed by atoms with Crippen molar-refractivity contribution in [2.45, 2.75) is 64.8 Å². The fourth-order valence-corrected chi connectivity index (χ4v) is 3.53. The third-order valence-corrected chi connectivity index (χ3v) is 4.54. The van der Waals surface area contributed by atoms with Crippen LogP contribution in [-0.2, 0) is 4.79 Å². The summed E-state index contributed by atoms with van der Waals surface area (Å²) in [5.41, 5.74) is 6.30. The van der Waals surface area contributed by atoms with Crippen molar-refractivity contribution in [1.29, 1.82) is 0 Å². The van der Waals surface area contributed by atoms with E-state index in [1.807, 2.05) is 0 Å². The van der Waals surface area contributed by atoms with Crippen molar-refractivity contribution in [3.05, 3.63) is 0 Å². The molecule has 0 aromatic rings. The zero-order valence-electron chi connectivity index (χ0n) is 12.0. The molecular weight excluding hydrogens is 224 g/mol. The molecule has 2 fully saturated rings. The first-order valence-corrected chi connectivity index (χ1v) is 7.50. The van der Waals surface area contributed by atoms with Crippen molar-refractivity contribution in [3.63, 3.8) is 0 Å². The number of hydrogen-bond donors (Lipinski definition) is 1. The number of nitrogens with zero attached hydrogens (tertiary/aromatic N) is 1. The molecule has 2 atom stereocenters. The quantitative estimate of drug-likeness (QED) is 0.821. The van der Waals surface area contributed by atoms with Gasteiger partial charge in [0.05, 0.1) is 0 Å². The first kappa shape index (κ1) is 13.9. The molecule has 0 bridgehead atoms. The Labute approximate surface area is 111 Å². The van der Waals surface area contributed by atoms with Crippen LogP contribution in [0.2, 0.25) is 0 Å². The van der Waals surface area contributed by atoms with Crippen LogP contribution in [0.4, 0.5) is 0 Å². The Morgan fingerprint density at radius 1 is 1.33 bits per heavy atom. The van der Waals surface area contributed by atoms with Crippen LogP contribution in [-0.4, -0.2) is 29.9 Å². The van der Waals surface area contributed by atoms with Crippen molar-refractivity contribution >= 4 is 5.91 Å². The second-order valence-electron chi connectivity index (χ2n) is 7.08. The summed E-state index contributed by atoms with van der Waals surface area (Å²) >= 11 is 0. The van der Waals surface area contributed by atoms with Crippen LogP contribution in [0.5, 0.6) is 0 Å². The third kappa shape index (κ3) is 3.71. The molecule has 3 heteroatoms. The van der Waals surface area contributed by atoms with E-state index in [0.717, 1.165) is 38.8 Å². The van der Waals surface area contributed by atoms with E-state index < -0.39 is 0 Å². The highest BCUT2D eigenvalue weighted by Gasteiger charge is 2.30. The highest BCUT2D eigenvalue weighted by Crippen LogP contribution is 2.31. The number of carbonyl (C=O) groups excluding carboxylic acids is 1. The van der Waals surface area contributed by atoms with Gasteiger partial charge < -0.3 is 10.6 Å². The van der Waals surface area contributed by atoms with E-state index >= 15 is 0 Å². The normalized spacial score (nSPS) is 32.3. The molecule has 18 heavy (non-hydrogen) atoms. The largest absolute Gasteiger partial charge is 0.342 e. The number of amides is 1. The van der Waals surface area contributed by atoms with Crippen LogP contribution < -0.4 is 5.73 Å². The lowest BCUT2D eigenvalue weighted by molar-refractivity contribution is -0.135. The summed E-state index contributed by atoms with van der Waals surface area (Å²) in [5, 5.41) is 0. The molecule has 3 nitrogen and oxygen atoms in total. The monoisotopic (exact) mass is 252 g/mol. The average Bonchev–Trinajstić information content (AvgIpc) is 2.27. The van der Waals surface area contributed by atoms with E-state index in [1.165, 1.54) is 19.3 Å². The minimum Gasteiger partial charge on any atom is -0.342 e. The summed E-state index contributed by atoms with van der Waals surface area (Å²) in [6.45, 7) is 6.43. The molecule has 1 aliphatic heterocycles. The van der Waals surface area contributed by atoms with E-state index in [0.29, 0.717) is 23.3 Å². The lowest BCUT2D eigenvalue weighted by atomic mass is 9.82.